The van der Waals surface area contributed by atoms with Crippen LogP contribution in [0.2, 0.25) is 0 Å². The maximum absolute atomic E-state index is 4.39. The Hall–Kier alpha value is -0.710. The quantitative estimate of drug-likeness (QED) is 0.868. The number of hydrogen-bond acceptors (Lipinski definition) is 3. The van der Waals surface area contributed by atoms with Gasteiger partial charge in [0.1, 0.15) is 0 Å². The van der Waals surface area contributed by atoms with Crippen molar-refractivity contribution in [1.82, 2.24) is 10.3 Å². The van der Waals surface area contributed by atoms with Crippen LogP contribution in [0.25, 0.3) is 0 Å². The molecule has 1 aromatic heterocycles. The molecule has 0 fully saturated rings. The number of halogens is 1. The van der Waals surface area contributed by atoms with Gasteiger partial charge < -0.3 is 5.32 Å². The summed E-state index contributed by atoms with van der Waals surface area (Å²) >= 11 is 5.26. The lowest BCUT2D eigenvalue weighted by Gasteiger charge is -2.26. The number of aryl methyl sites for hydroxylation is 1. The van der Waals surface area contributed by atoms with Crippen LogP contribution in [0.4, 0.5) is 0 Å². The van der Waals surface area contributed by atoms with E-state index in [4.69, 9.17) is 0 Å². The van der Waals surface area contributed by atoms with Gasteiger partial charge in [-0.05, 0) is 38.0 Å². The summed E-state index contributed by atoms with van der Waals surface area (Å²) in [4.78, 5) is 5.69. The molecule has 0 atom stereocenters. The molecule has 2 nitrogen and oxygen atoms in total. The molecule has 0 saturated carbocycles. The SMILES string of the molecule is CCc1ncc(CNC(C)(C)c2ccc(Br)cc2)s1. The van der Waals surface area contributed by atoms with E-state index in [-0.39, 0.29) is 5.54 Å². The van der Waals surface area contributed by atoms with Crippen molar-refractivity contribution >= 4 is 27.3 Å². The van der Waals surface area contributed by atoms with Crippen molar-refractivity contribution in [2.24, 2.45) is 0 Å². The van der Waals surface area contributed by atoms with Gasteiger partial charge in [0, 0.05) is 27.6 Å². The first-order chi connectivity index (χ1) is 9.01. The highest BCUT2D eigenvalue weighted by Gasteiger charge is 2.19. The van der Waals surface area contributed by atoms with Crippen molar-refractivity contribution in [1.29, 1.82) is 0 Å². The summed E-state index contributed by atoms with van der Waals surface area (Å²) in [5.74, 6) is 0. The van der Waals surface area contributed by atoms with Gasteiger partial charge in [0.25, 0.3) is 0 Å². The van der Waals surface area contributed by atoms with Gasteiger partial charge in [-0.2, -0.15) is 0 Å². The maximum atomic E-state index is 4.39. The molecule has 2 rings (SSSR count). The normalized spacial score (nSPS) is 11.8. The van der Waals surface area contributed by atoms with Crippen LogP contribution in [0.1, 0.15) is 36.2 Å². The van der Waals surface area contributed by atoms with Crippen LogP contribution in [0.15, 0.2) is 34.9 Å². The van der Waals surface area contributed by atoms with E-state index in [0.717, 1.165) is 17.4 Å². The van der Waals surface area contributed by atoms with Crippen LogP contribution in [0, 0.1) is 0 Å². The molecule has 1 heterocycles. The van der Waals surface area contributed by atoms with E-state index in [1.165, 1.54) is 15.4 Å². The number of aromatic nitrogens is 1. The minimum atomic E-state index is -0.0446. The van der Waals surface area contributed by atoms with Gasteiger partial charge in [0.05, 0.1) is 5.01 Å². The van der Waals surface area contributed by atoms with Gasteiger partial charge in [-0.15, -0.1) is 11.3 Å². The average molecular weight is 339 g/mol. The van der Waals surface area contributed by atoms with E-state index in [9.17, 15) is 0 Å². The summed E-state index contributed by atoms with van der Waals surface area (Å²) in [6.45, 7) is 7.42. The Morgan fingerprint density at radius 1 is 1.26 bits per heavy atom. The Balaban J connectivity index is 2.02. The number of thiazole rings is 1. The minimum absolute atomic E-state index is 0.0446. The fraction of sp³-hybridized carbons (Fsp3) is 0.400. The third kappa shape index (κ3) is 3.88. The fourth-order valence-corrected chi connectivity index (χ4v) is 2.94. The van der Waals surface area contributed by atoms with Gasteiger partial charge in [0.15, 0.2) is 0 Å². The van der Waals surface area contributed by atoms with E-state index in [1.807, 2.05) is 6.20 Å². The zero-order valence-electron chi connectivity index (χ0n) is 11.5. The minimum Gasteiger partial charge on any atom is -0.303 e. The van der Waals surface area contributed by atoms with Crippen molar-refractivity contribution in [2.75, 3.05) is 0 Å². The van der Waals surface area contributed by atoms with Gasteiger partial charge in [-0.3, -0.25) is 0 Å². The Morgan fingerprint density at radius 3 is 2.53 bits per heavy atom. The van der Waals surface area contributed by atoms with Crippen molar-refractivity contribution in [2.45, 2.75) is 39.3 Å². The van der Waals surface area contributed by atoms with Gasteiger partial charge in [0.2, 0.25) is 0 Å². The lowest BCUT2D eigenvalue weighted by Crippen LogP contribution is -2.35. The molecule has 0 radical (unpaired) electrons. The molecule has 1 aromatic carbocycles. The summed E-state index contributed by atoms with van der Waals surface area (Å²) < 4.78 is 1.11. The highest BCUT2D eigenvalue weighted by Crippen LogP contribution is 2.23. The molecular weight excluding hydrogens is 320 g/mol. The van der Waals surface area contributed by atoms with Crippen LogP contribution >= 0.6 is 27.3 Å². The standard InChI is InChI=1S/C15H19BrN2S/c1-4-14-17-9-13(19-14)10-18-15(2,3)11-5-7-12(16)8-6-11/h5-9,18H,4,10H2,1-3H3. The van der Waals surface area contributed by atoms with E-state index in [1.54, 1.807) is 11.3 Å². The smallest absolute Gasteiger partial charge is 0.0925 e. The fourth-order valence-electron chi connectivity index (χ4n) is 1.87. The molecule has 0 saturated heterocycles. The van der Waals surface area contributed by atoms with Gasteiger partial charge >= 0.3 is 0 Å². The summed E-state index contributed by atoms with van der Waals surface area (Å²) in [5.41, 5.74) is 1.24. The first kappa shape index (κ1) is 14.7. The van der Waals surface area contributed by atoms with Gasteiger partial charge in [-0.1, -0.05) is 35.0 Å². The number of hydrogen-bond donors (Lipinski definition) is 1. The monoisotopic (exact) mass is 338 g/mol. The van der Waals surface area contributed by atoms with Crippen LogP contribution < -0.4 is 5.32 Å². The molecule has 0 amide bonds. The third-order valence-corrected chi connectivity index (χ3v) is 4.84. The second kappa shape index (κ2) is 6.16. The number of nitrogens with one attached hydrogen (secondary N) is 1. The third-order valence-electron chi connectivity index (χ3n) is 3.17. The van der Waals surface area contributed by atoms with Crippen molar-refractivity contribution in [3.8, 4) is 0 Å². The highest BCUT2D eigenvalue weighted by molar-refractivity contribution is 9.10. The topological polar surface area (TPSA) is 24.9 Å². The first-order valence-corrected chi connectivity index (χ1v) is 8.07. The summed E-state index contributed by atoms with van der Waals surface area (Å²) in [7, 11) is 0. The van der Waals surface area contributed by atoms with Crippen molar-refractivity contribution in [3.63, 3.8) is 0 Å². The first-order valence-electron chi connectivity index (χ1n) is 6.46. The van der Waals surface area contributed by atoms with E-state index >= 15 is 0 Å². The lowest BCUT2D eigenvalue weighted by atomic mass is 9.94. The molecule has 19 heavy (non-hydrogen) atoms. The summed E-state index contributed by atoms with van der Waals surface area (Å²) in [6, 6.07) is 8.48. The average Bonchev–Trinajstić information content (AvgIpc) is 2.85. The molecule has 0 spiro atoms. The molecular formula is C15H19BrN2S. The Morgan fingerprint density at radius 2 is 1.95 bits per heavy atom. The molecule has 0 aliphatic rings. The van der Waals surface area contributed by atoms with Crippen LogP contribution in [0.5, 0.6) is 0 Å². The van der Waals surface area contributed by atoms with E-state index in [2.05, 4.69) is 71.3 Å². The number of benzene rings is 1. The predicted octanol–water partition coefficient (Wildman–Crippen LogP) is 4.49. The van der Waals surface area contributed by atoms with E-state index in [0.29, 0.717) is 0 Å². The molecule has 0 aliphatic heterocycles. The van der Waals surface area contributed by atoms with Gasteiger partial charge in [-0.25, -0.2) is 4.98 Å². The van der Waals surface area contributed by atoms with Crippen LogP contribution in [0.3, 0.4) is 0 Å². The molecule has 0 bridgehead atoms. The lowest BCUT2D eigenvalue weighted by molar-refractivity contribution is 0.403. The molecule has 2 aromatic rings. The van der Waals surface area contributed by atoms with Crippen molar-refractivity contribution < 1.29 is 0 Å². The number of rotatable bonds is 5. The molecule has 1 N–H and O–H groups in total. The molecule has 0 unspecified atom stereocenters. The second-order valence-electron chi connectivity index (χ2n) is 5.06. The molecule has 4 heteroatoms. The zero-order valence-corrected chi connectivity index (χ0v) is 13.9. The predicted molar refractivity (Wildman–Crippen MR) is 85.5 cm³/mol. The van der Waals surface area contributed by atoms with Crippen molar-refractivity contribution in [3.05, 3.63) is 50.4 Å². The number of nitrogens with zero attached hydrogens (tertiary/aromatic N) is 1. The summed E-state index contributed by atoms with van der Waals surface area (Å²) in [6.07, 6.45) is 2.99. The summed E-state index contributed by atoms with van der Waals surface area (Å²) in [5, 5.41) is 4.81. The molecule has 0 aliphatic carbocycles. The molecule has 102 valence electrons. The van der Waals surface area contributed by atoms with Crippen LogP contribution in [-0.4, -0.2) is 4.98 Å². The second-order valence-corrected chi connectivity index (χ2v) is 7.17. The Bertz CT molecular complexity index is 531. The maximum Gasteiger partial charge on any atom is 0.0925 e. The highest BCUT2D eigenvalue weighted by atomic mass is 79.9. The Labute approximate surface area is 127 Å². The largest absolute Gasteiger partial charge is 0.303 e. The van der Waals surface area contributed by atoms with E-state index < -0.39 is 0 Å². The van der Waals surface area contributed by atoms with Crippen LogP contribution in [-0.2, 0) is 18.5 Å². The Kier molecular flexibility index (Phi) is 4.76. The zero-order chi connectivity index (χ0) is 13.9.